The van der Waals surface area contributed by atoms with Gasteiger partial charge in [0.25, 0.3) is 11.6 Å². The summed E-state index contributed by atoms with van der Waals surface area (Å²) in [5.41, 5.74) is 3.42. The molecule has 1 amide bonds. The van der Waals surface area contributed by atoms with E-state index >= 15 is 0 Å². The molecule has 7 nitrogen and oxygen atoms in total. The summed E-state index contributed by atoms with van der Waals surface area (Å²) in [6.45, 7) is 0.330. The van der Waals surface area contributed by atoms with Crippen LogP contribution in [0.15, 0.2) is 59.4 Å². The van der Waals surface area contributed by atoms with Crippen molar-refractivity contribution in [2.75, 3.05) is 5.32 Å². The highest BCUT2D eigenvalue weighted by atomic mass is 32.1. The van der Waals surface area contributed by atoms with E-state index in [0.717, 1.165) is 5.69 Å². The maximum absolute atomic E-state index is 12.3. The molecule has 126 valence electrons. The third kappa shape index (κ3) is 4.39. The summed E-state index contributed by atoms with van der Waals surface area (Å²) in [7, 11) is 0. The van der Waals surface area contributed by atoms with Crippen molar-refractivity contribution < 1.29 is 14.5 Å². The quantitative estimate of drug-likeness (QED) is 0.535. The molecule has 0 aliphatic rings. The Morgan fingerprint density at radius 1 is 1.24 bits per heavy atom. The number of hydrogen-bond acceptors (Lipinski definition) is 6. The molecule has 0 unspecified atom stereocenters. The number of thiazole rings is 1. The molecule has 0 aliphatic carbocycles. The van der Waals surface area contributed by atoms with Crippen molar-refractivity contribution in [1.29, 1.82) is 0 Å². The van der Waals surface area contributed by atoms with Gasteiger partial charge in [0.05, 0.1) is 16.1 Å². The minimum atomic E-state index is -0.491. The van der Waals surface area contributed by atoms with E-state index in [1.54, 1.807) is 29.8 Å². The Kier molecular flexibility index (Phi) is 5.00. The maximum atomic E-state index is 12.3. The highest BCUT2D eigenvalue weighted by molar-refractivity contribution is 7.07. The molecule has 0 aliphatic heterocycles. The number of ether oxygens (including phenoxy) is 1. The fraction of sp³-hybridized carbons (Fsp3) is 0.0588. The van der Waals surface area contributed by atoms with Gasteiger partial charge >= 0.3 is 0 Å². The number of amides is 1. The second kappa shape index (κ2) is 7.54. The summed E-state index contributed by atoms with van der Waals surface area (Å²) >= 11 is 1.49. The van der Waals surface area contributed by atoms with Gasteiger partial charge in [0.15, 0.2) is 0 Å². The van der Waals surface area contributed by atoms with Crippen LogP contribution in [-0.2, 0) is 6.61 Å². The second-order valence-corrected chi connectivity index (χ2v) is 5.77. The van der Waals surface area contributed by atoms with E-state index < -0.39 is 4.92 Å². The van der Waals surface area contributed by atoms with Crippen molar-refractivity contribution in [1.82, 2.24) is 4.98 Å². The van der Waals surface area contributed by atoms with E-state index in [1.807, 2.05) is 5.38 Å². The molecule has 0 spiro atoms. The molecule has 3 aromatic rings. The fourth-order valence-corrected chi connectivity index (χ4v) is 2.61. The molecule has 0 radical (unpaired) electrons. The zero-order chi connectivity index (χ0) is 17.6. The van der Waals surface area contributed by atoms with E-state index in [1.165, 1.54) is 35.6 Å². The first-order valence-electron chi connectivity index (χ1n) is 7.27. The molecular weight excluding hydrogens is 342 g/mol. The first kappa shape index (κ1) is 16.6. The SMILES string of the molecule is O=C(Nc1ccc([N+](=O)[O-])cc1)c1cccc(OCc2cscn2)c1. The van der Waals surface area contributed by atoms with Crippen LogP contribution in [0.2, 0.25) is 0 Å². The summed E-state index contributed by atoms with van der Waals surface area (Å²) in [6, 6.07) is 12.4. The van der Waals surface area contributed by atoms with Crippen molar-refractivity contribution in [3.63, 3.8) is 0 Å². The van der Waals surface area contributed by atoms with Crippen LogP contribution in [0, 0.1) is 10.1 Å². The Labute approximate surface area is 147 Å². The van der Waals surface area contributed by atoms with Gasteiger partial charge < -0.3 is 10.1 Å². The van der Waals surface area contributed by atoms with Crippen LogP contribution in [0.3, 0.4) is 0 Å². The van der Waals surface area contributed by atoms with Gasteiger partial charge in [0, 0.05) is 28.8 Å². The van der Waals surface area contributed by atoms with E-state index in [9.17, 15) is 14.9 Å². The number of aromatic nitrogens is 1. The molecule has 0 fully saturated rings. The van der Waals surface area contributed by atoms with Gasteiger partial charge in [0.1, 0.15) is 12.4 Å². The van der Waals surface area contributed by atoms with Crippen LogP contribution in [-0.4, -0.2) is 15.8 Å². The molecule has 0 saturated carbocycles. The van der Waals surface area contributed by atoms with Gasteiger partial charge in [-0.05, 0) is 30.3 Å². The molecule has 0 bridgehead atoms. The van der Waals surface area contributed by atoms with Gasteiger partial charge in [-0.25, -0.2) is 4.98 Å². The van der Waals surface area contributed by atoms with Gasteiger partial charge in [-0.15, -0.1) is 11.3 Å². The highest BCUT2D eigenvalue weighted by Crippen LogP contribution is 2.19. The first-order chi connectivity index (χ1) is 12.1. The third-order valence-corrected chi connectivity index (χ3v) is 3.94. The lowest BCUT2D eigenvalue weighted by Crippen LogP contribution is -2.12. The maximum Gasteiger partial charge on any atom is 0.269 e. The number of carbonyl (C=O) groups excluding carboxylic acids is 1. The monoisotopic (exact) mass is 355 g/mol. The van der Waals surface area contributed by atoms with E-state index in [0.29, 0.717) is 23.6 Å². The highest BCUT2D eigenvalue weighted by Gasteiger charge is 2.09. The van der Waals surface area contributed by atoms with Gasteiger partial charge in [0.2, 0.25) is 0 Å². The van der Waals surface area contributed by atoms with Gasteiger partial charge in [-0.2, -0.15) is 0 Å². The summed E-state index contributed by atoms with van der Waals surface area (Å²) in [6.07, 6.45) is 0. The zero-order valence-electron chi connectivity index (χ0n) is 12.9. The van der Waals surface area contributed by atoms with Crippen LogP contribution in [0.4, 0.5) is 11.4 Å². The number of hydrogen-bond donors (Lipinski definition) is 1. The average molecular weight is 355 g/mol. The standard InChI is InChI=1S/C17H13N3O4S/c21-17(19-13-4-6-15(7-5-13)20(22)23)12-2-1-3-16(8-12)24-9-14-10-25-11-18-14/h1-8,10-11H,9H2,(H,19,21). The molecular formula is C17H13N3O4S. The van der Waals surface area contributed by atoms with Crippen molar-refractivity contribution in [3.8, 4) is 5.75 Å². The summed E-state index contributed by atoms with van der Waals surface area (Å²) < 4.78 is 5.62. The number of rotatable bonds is 6. The second-order valence-electron chi connectivity index (χ2n) is 5.05. The molecule has 0 atom stereocenters. The summed E-state index contributed by atoms with van der Waals surface area (Å²) in [5.74, 6) is 0.234. The summed E-state index contributed by atoms with van der Waals surface area (Å²) in [5, 5.41) is 15.2. The number of non-ortho nitro benzene ring substituents is 1. The van der Waals surface area contributed by atoms with Gasteiger partial charge in [-0.3, -0.25) is 14.9 Å². The number of anilines is 1. The number of nitro groups is 1. The Bertz CT molecular complexity index is 879. The minimum absolute atomic E-state index is 0.0320. The van der Waals surface area contributed by atoms with Crippen molar-refractivity contribution in [2.24, 2.45) is 0 Å². The predicted molar refractivity (Wildman–Crippen MR) is 93.9 cm³/mol. The number of carbonyl (C=O) groups is 1. The zero-order valence-corrected chi connectivity index (χ0v) is 13.7. The number of benzene rings is 2. The number of nitro benzene ring substituents is 1. The Hall–Kier alpha value is -3.26. The Balaban J connectivity index is 1.65. The van der Waals surface area contributed by atoms with Crippen molar-refractivity contribution in [3.05, 3.63) is 80.8 Å². The molecule has 8 heteroatoms. The number of nitrogens with zero attached hydrogens (tertiary/aromatic N) is 2. The van der Waals surface area contributed by atoms with E-state index in [-0.39, 0.29) is 11.6 Å². The van der Waals surface area contributed by atoms with Crippen LogP contribution in [0.5, 0.6) is 5.75 Å². The molecule has 1 N–H and O–H groups in total. The average Bonchev–Trinajstić information content (AvgIpc) is 3.14. The van der Waals surface area contributed by atoms with Crippen LogP contribution in [0.25, 0.3) is 0 Å². The topological polar surface area (TPSA) is 94.4 Å². The lowest BCUT2D eigenvalue weighted by molar-refractivity contribution is -0.384. The fourth-order valence-electron chi connectivity index (χ4n) is 2.06. The first-order valence-corrected chi connectivity index (χ1v) is 8.22. The normalized spacial score (nSPS) is 10.2. The molecule has 1 heterocycles. The molecule has 3 rings (SSSR count). The molecule has 1 aromatic heterocycles. The predicted octanol–water partition coefficient (Wildman–Crippen LogP) is 3.88. The molecule has 0 saturated heterocycles. The van der Waals surface area contributed by atoms with Crippen LogP contribution in [0.1, 0.15) is 16.1 Å². The van der Waals surface area contributed by atoms with Crippen molar-refractivity contribution >= 4 is 28.6 Å². The van der Waals surface area contributed by atoms with E-state index in [2.05, 4.69) is 10.3 Å². The van der Waals surface area contributed by atoms with Gasteiger partial charge in [-0.1, -0.05) is 6.07 Å². The van der Waals surface area contributed by atoms with Crippen molar-refractivity contribution in [2.45, 2.75) is 6.61 Å². The summed E-state index contributed by atoms with van der Waals surface area (Å²) in [4.78, 5) is 26.6. The Morgan fingerprint density at radius 2 is 2.04 bits per heavy atom. The Morgan fingerprint density at radius 3 is 2.72 bits per heavy atom. The lowest BCUT2D eigenvalue weighted by Gasteiger charge is -2.08. The third-order valence-electron chi connectivity index (χ3n) is 3.30. The smallest absolute Gasteiger partial charge is 0.269 e. The largest absolute Gasteiger partial charge is 0.487 e. The lowest BCUT2D eigenvalue weighted by atomic mass is 10.2. The molecule has 2 aromatic carbocycles. The minimum Gasteiger partial charge on any atom is -0.487 e. The molecule has 25 heavy (non-hydrogen) atoms. The van der Waals surface area contributed by atoms with E-state index in [4.69, 9.17) is 4.74 Å². The van der Waals surface area contributed by atoms with Crippen LogP contribution < -0.4 is 10.1 Å². The van der Waals surface area contributed by atoms with Crippen LogP contribution >= 0.6 is 11.3 Å². The number of nitrogens with one attached hydrogen (secondary N) is 1.